The van der Waals surface area contributed by atoms with Crippen molar-refractivity contribution in [2.75, 3.05) is 19.7 Å². The molecule has 1 N–H and O–H groups in total. The highest BCUT2D eigenvalue weighted by atomic mass is 32.1. The zero-order valence-electron chi connectivity index (χ0n) is 12.0. The van der Waals surface area contributed by atoms with Gasteiger partial charge in [-0.25, -0.2) is 0 Å². The van der Waals surface area contributed by atoms with Crippen LogP contribution in [0.5, 0.6) is 0 Å². The summed E-state index contributed by atoms with van der Waals surface area (Å²) in [6.45, 7) is 2.48. The lowest BCUT2D eigenvalue weighted by Crippen LogP contribution is -2.34. The number of nitrogens with zero attached hydrogens (tertiary/aromatic N) is 1. The number of β-amino-alcohol motifs (C(OH)–C–C–N with tert-alkyl or cyclic N) is 1. The van der Waals surface area contributed by atoms with E-state index in [4.69, 9.17) is 9.15 Å². The van der Waals surface area contributed by atoms with Crippen LogP contribution < -0.4 is 0 Å². The van der Waals surface area contributed by atoms with Gasteiger partial charge in [0.05, 0.1) is 19.0 Å². The molecule has 0 bridgehead atoms. The minimum atomic E-state index is -0.458. The number of aliphatic hydroxyl groups is 1. The van der Waals surface area contributed by atoms with Crippen LogP contribution in [0.4, 0.5) is 0 Å². The van der Waals surface area contributed by atoms with Gasteiger partial charge in [-0.15, -0.1) is 11.3 Å². The van der Waals surface area contributed by atoms with Crippen molar-refractivity contribution in [3.05, 3.63) is 46.5 Å². The Kier molecular flexibility index (Phi) is 5.08. The normalized spacial score (nSPS) is 20.9. The molecule has 0 spiro atoms. The highest BCUT2D eigenvalue weighted by molar-refractivity contribution is 7.10. The van der Waals surface area contributed by atoms with Crippen LogP contribution in [-0.2, 0) is 11.3 Å². The Balaban J connectivity index is 1.44. The minimum absolute atomic E-state index is 0.342. The van der Waals surface area contributed by atoms with Gasteiger partial charge in [0.25, 0.3) is 0 Å². The number of ether oxygens (including phenoxy) is 1. The Bertz CT molecular complexity index is 512. The molecular weight excluding hydrogens is 286 g/mol. The topological polar surface area (TPSA) is 45.8 Å². The van der Waals surface area contributed by atoms with Gasteiger partial charge in [-0.05, 0) is 43.0 Å². The molecule has 1 aliphatic heterocycles. The molecule has 2 aromatic heterocycles. The lowest BCUT2D eigenvalue weighted by Gasteiger charge is -2.26. The molecule has 1 saturated heterocycles. The van der Waals surface area contributed by atoms with Gasteiger partial charge in [-0.1, -0.05) is 6.07 Å². The van der Waals surface area contributed by atoms with Gasteiger partial charge in [0.1, 0.15) is 12.4 Å². The lowest BCUT2D eigenvalue weighted by molar-refractivity contribution is 0.00326. The van der Waals surface area contributed by atoms with Gasteiger partial charge >= 0.3 is 0 Å². The highest BCUT2D eigenvalue weighted by Gasteiger charge is 2.28. The first-order valence-corrected chi connectivity index (χ1v) is 8.26. The van der Waals surface area contributed by atoms with E-state index in [1.807, 2.05) is 12.1 Å². The molecule has 0 aliphatic carbocycles. The van der Waals surface area contributed by atoms with Crippen molar-refractivity contribution in [3.63, 3.8) is 0 Å². The maximum Gasteiger partial charge on any atom is 0.129 e. The summed E-state index contributed by atoms with van der Waals surface area (Å²) in [5, 5.41) is 12.3. The molecule has 4 nitrogen and oxygen atoms in total. The van der Waals surface area contributed by atoms with Crippen molar-refractivity contribution in [1.29, 1.82) is 0 Å². The first-order chi connectivity index (χ1) is 10.3. The predicted molar refractivity (Wildman–Crippen MR) is 82.2 cm³/mol. The molecule has 0 amide bonds. The second-order valence-corrected chi connectivity index (χ2v) is 6.40. The molecule has 1 aliphatic rings. The van der Waals surface area contributed by atoms with Crippen LogP contribution >= 0.6 is 11.3 Å². The summed E-state index contributed by atoms with van der Waals surface area (Å²) in [4.78, 5) is 3.77. The summed E-state index contributed by atoms with van der Waals surface area (Å²) in [5.41, 5.74) is 0. The van der Waals surface area contributed by atoms with Crippen LogP contribution in [-0.4, -0.2) is 35.8 Å². The molecular formula is C16H21NO3S. The number of furan rings is 1. The summed E-state index contributed by atoms with van der Waals surface area (Å²) in [7, 11) is 0. The van der Waals surface area contributed by atoms with Gasteiger partial charge in [-0.3, -0.25) is 4.90 Å². The number of hydrogen-bond donors (Lipinski definition) is 1. The zero-order valence-corrected chi connectivity index (χ0v) is 12.8. The van der Waals surface area contributed by atoms with Crippen molar-refractivity contribution < 1.29 is 14.3 Å². The molecule has 2 atom stereocenters. The Morgan fingerprint density at radius 2 is 2.38 bits per heavy atom. The Labute approximate surface area is 129 Å². The Morgan fingerprint density at radius 1 is 1.43 bits per heavy atom. The van der Waals surface area contributed by atoms with Crippen LogP contribution in [0.2, 0.25) is 0 Å². The quantitative estimate of drug-likeness (QED) is 0.854. The van der Waals surface area contributed by atoms with E-state index in [2.05, 4.69) is 22.4 Å². The molecule has 21 heavy (non-hydrogen) atoms. The molecule has 1 fully saturated rings. The van der Waals surface area contributed by atoms with E-state index in [1.54, 1.807) is 17.6 Å². The SMILES string of the molecule is OC(COCc1ccco1)CN1CCCC1c1cccs1. The van der Waals surface area contributed by atoms with Crippen molar-refractivity contribution in [3.8, 4) is 0 Å². The molecule has 2 unspecified atom stereocenters. The summed E-state index contributed by atoms with van der Waals surface area (Å²) < 4.78 is 10.7. The molecule has 2 aromatic rings. The lowest BCUT2D eigenvalue weighted by atomic mass is 10.2. The molecule has 3 heterocycles. The van der Waals surface area contributed by atoms with Crippen molar-refractivity contribution in [2.24, 2.45) is 0 Å². The van der Waals surface area contributed by atoms with Crippen LogP contribution in [0.25, 0.3) is 0 Å². The fourth-order valence-electron chi connectivity index (χ4n) is 2.86. The summed E-state index contributed by atoms with van der Waals surface area (Å²) in [6.07, 6.45) is 3.55. The fraction of sp³-hybridized carbons (Fsp3) is 0.500. The van der Waals surface area contributed by atoms with E-state index < -0.39 is 6.10 Å². The monoisotopic (exact) mass is 307 g/mol. The Morgan fingerprint density at radius 3 is 3.14 bits per heavy atom. The maximum atomic E-state index is 10.2. The van der Waals surface area contributed by atoms with Gasteiger partial charge in [0.15, 0.2) is 0 Å². The van der Waals surface area contributed by atoms with Crippen molar-refractivity contribution in [1.82, 2.24) is 4.90 Å². The number of aliphatic hydroxyl groups excluding tert-OH is 1. The van der Waals surface area contributed by atoms with E-state index in [1.165, 1.54) is 17.7 Å². The van der Waals surface area contributed by atoms with E-state index >= 15 is 0 Å². The molecule has 0 radical (unpaired) electrons. The molecule has 0 aromatic carbocycles. The van der Waals surface area contributed by atoms with Crippen LogP contribution in [0.15, 0.2) is 40.3 Å². The first-order valence-electron chi connectivity index (χ1n) is 7.38. The van der Waals surface area contributed by atoms with E-state index in [-0.39, 0.29) is 0 Å². The fourth-order valence-corrected chi connectivity index (χ4v) is 3.76. The van der Waals surface area contributed by atoms with E-state index in [0.717, 1.165) is 12.3 Å². The van der Waals surface area contributed by atoms with E-state index in [9.17, 15) is 5.11 Å². The third-order valence-corrected chi connectivity index (χ3v) is 4.79. The second kappa shape index (κ2) is 7.22. The average Bonchev–Trinajstić information content (AvgIpc) is 3.20. The molecule has 0 saturated carbocycles. The van der Waals surface area contributed by atoms with Gasteiger partial charge in [-0.2, -0.15) is 0 Å². The van der Waals surface area contributed by atoms with Gasteiger partial charge < -0.3 is 14.3 Å². The number of hydrogen-bond acceptors (Lipinski definition) is 5. The largest absolute Gasteiger partial charge is 0.467 e. The number of rotatable bonds is 7. The molecule has 3 rings (SSSR count). The Hall–Kier alpha value is -1.14. The number of thiophene rings is 1. The maximum absolute atomic E-state index is 10.2. The third-order valence-electron chi connectivity index (χ3n) is 3.82. The summed E-state index contributed by atoms with van der Waals surface area (Å²) in [6, 6.07) is 8.46. The summed E-state index contributed by atoms with van der Waals surface area (Å²) in [5.74, 6) is 0.792. The van der Waals surface area contributed by atoms with E-state index in [0.29, 0.717) is 25.8 Å². The van der Waals surface area contributed by atoms with Crippen molar-refractivity contribution in [2.45, 2.75) is 31.6 Å². The minimum Gasteiger partial charge on any atom is -0.467 e. The third kappa shape index (κ3) is 3.95. The average molecular weight is 307 g/mol. The first kappa shape index (κ1) is 14.8. The van der Waals surface area contributed by atoms with Crippen LogP contribution in [0.3, 0.4) is 0 Å². The van der Waals surface area contributed by atoms with Gasteiger partial charge in [0.2, 0.25) is 0 Å². The zero-order chi connectivity index (χ0) is 14.5. The standard InChI is InChI=1S/C16H21NO3S/c18-13(11-19-12-14-4-2-8-20-14)10-17-7-1-5-15(17)16-6-3-9-21-16/h2-4,6,8-9,13,15,18H,1,5,7,10-12H2. The smallest absolute Gasteiger partial charge is 0.129 e. The highest BCUT2D eigenvalue weighted by Crippen LogP contribution is 2.34. The molecule has 5 heteroatoms. The predicted octanol–water partition coefficient (Wildman–Crippen LogP) is 3.06. The molecule has 114 valence electrons. The summed E-state index contributed by atoms with van der Waals surface area (Å²) >= 11 is 1.80. The van der Waals surface area contributed by atoms with Crippen LogP contribution in [0, 0.1) is 0 Å². The number of likely N-dealkylation sites (tertiary alicyclic amines) is 1. The second-order valence-electron chi connectivity index (χ2n) is 5.42. The van der Waals surface area contributed by atoms with Crippen LogP contribution in [0.1, 0.15) is 29.5 Å². The van der Waals surface area contributed by atoms with Gasteiger partial charge in [0, 0.05) is 17.5 Å². The van der Waals surface area contributed by atoms with Crippen molar-refractivity contribution >= 4 is 11.3 Å².